The van der Waals surface area contributed by atoms with Crippen LogP contribution in [-0.2, 0) is 9.53 Å². The SMILES string of the molecule is CCOC(=O)C(O)c1ccc2cnoc2c1. The summed E-state index contributed by atoms with van der Waals surface area (Å²) in [4.78, 5) is 11.3. The predicted octanol–water partition coefficient (Wildman–Crippen LogP) is 1.42. The van der Waals surface area contributed by atoms with Crippen molar-refractivity contribution in [1.82, 2.24) is 5.16 Å². The van der Waals surface area contributed by atoms with E-state index in [1.807, 2.05) is 0 Å². The van der Waals surface area contributed by atoms with Crippen LogP contribution in [0.25, 0.3) is 11.0 Å². The third-order valence-electron chi connectivity index (χ3n) is 2.21. The summed E-state index contributed by atoms with van der Waals surface area (Å²) in [5, 5.41) is 14.1. The highest BCUT2D eigenvalue weighted by atomic mass is 16.5. The monoisotopic (exact) mass is 221 g/mol. The molecule has 0 radical (unpaired) electrons. The molecule has 5 heteroatoms. The van der Waals surface area contributed by atoms with Gasteiger partial charge in [0.2, 0.25) is 0 Å². The Morgan fingerprint density at radius 1 is 1.62 bits per heavy atom. The van der Waals surface area contributed by atoms with E-state index in [-0.39, 0.29) is 6.61 Å². The Balaban J connectivity index is 2.28. The molecule has 0 amide bonds. The van der Waals surface area contributed by atoms with Gasteiger partial charge in [0.05, 0.1) is 12.8 Å². The third-order valence-corrected chi connectivity index (χ3v) is 2.21. The summed E-state index contributed by atoms with van der Waals surface area (Å²) in [5.74, 6) is -0.665. The minimum absolute atomic E-state index is 0.237. The van der Waals surface area contributed by atoms with E-state index in [1.165, 1.54) is 0 Å². The average Bonchev–Trinajstić information content (AvgIpc) is 2.75. The van der Waals surface area contributed by atoms with E-state index in [4.69, 9.17) is 9.26 Å². The lowest BCUT2D eigenvalue weighted by molar-refractivity contribution is -0.153. The number of ether oxygens (including phenoxy) is 1. The Bertz CT molecular complexity index is 505. The van der Waals surface area contributed by atoms with Crippen LogP contribution >= 0.6 is 0 Å². The van der Waals surface area contributed by atoms with Crippen molar-refractivity contribution >= 4 is 16.9 Å². The van der Waals surface area contributed by atoms with Gasteiger partial charge < -0.3 is 14.4 Å². The predicted molar refractivity (Wildman–Crippen MR) is 55.6 cm³/mol. The van der Waals surface area contributed by atoms with E-state index >= 15 is 0 Å². The van der Waals surface area contributed by atoms with Crippen molar-refractivity contribution in [1.29, 1.82) is 0 Å². The van der Waals surface area contributed by atoms with Crippen LogP contribution in [0.5, 0.6) is 0 Å². The fourth-order valence-electron chi connectivity index (χ4n) is 1.40. The van der Waals surface area contributed by atoms with Crippen molar-refractivity contribution in [3.8, 4) is 0 Å². The first-order valence-electron chi connectivity index (χ1n) is 4.91. The zero-order chi connectivity index (χ0) is 11.5. The van der Waals surface area contributed by atoms with Crippen molar-refractivity contribution in [3.63, 3.8) is 0 Å². The number of carbonyl (C=O) groups is 1. The van der Waals surface area contributed by atoms with Gasteiger partial charge >= 0.3 is 5.97 Å². The molecule has 1 aromatic carbocycles. The maximum atomic E-state index is 11.3. The molecule has 16 heavy (non-hydrogen) atoms. The van der Waals surface area contributed by atoms with Crippen molar-refractivity contribution in [2.24, 2.45) is 0 Å². The van der Waals surface area contributed by atoms with Gasteiger partial charge in [-0.2, -0.15) is 0 Å². The number of hydrogen-bond acceptors (Lipinski definition) is 5. The Hall–Kier alpha value is -1.88. The largest absolute Gasteiger partial charge is 0.464 e. The maximum absolute atomic E-state index is 11.3. The molecule has 0 aliphatic carbocycles. The van der Waals surface area contributed by atoms with Crippen molar-refractivity contribution in [3.05, 3.63) is 30.0 Å². The van der Waals surface area contributed by atoms with Gasteiger partial charge in [0.25, 0.3) is 0 Å². The highest BCUT2D eigenvalue weighted by molar-refractivity contribution is 5.81. The van der Waals surface area contributed by atoms with Crippen LogP contribution in [0.4, 0.5) is 0 Å². The van der Waals surface area contributed by atoms with E-state index in [9.17, 15) is 9.90 Å². The first-order valence-corrected chi connectivity index (χ1v) is 4.91. The van der Waals surface area contributed by atoms with Gasteiger partial charge in [-0.3, -0.25) is 0 Å². The normalized spacial score (nSPS) is 12.6. The highest BCUT2D eigenvalue weighted by Gasteiger charge is 2.19. The van der Waals surface area contributed by atoms with E-state index in [0.29, 0.717) is 11.1 Å². The fraction of sp³-hybridized carbons (Fsp3) is 0.273. The smallest absolute Gasteiger partial charge is 0.339 e. The number of hydrogen-bond donors (Lipinski definition) is 1. The molecule has 0 spiro atoms. The minimum Gasteiger partial charge on any atom is -0.464 e. The molecule has 2 rings (SSSR count). The summed E-state index contributed by atoms with van der Waals surface area (Å²) in [6.45, 7) is 1.92. The Kier molecular flexibility index (Phi) is 2.87. The van der Waals surface area contributed by atoms with Crippen LogP contribution in [0.1, 0.15) is 18.6 Å². The molecule has 1 heterocycles. The first-order chi connectivity index (χ1) is 7.72. The lowest BCUT2D eigenvalue weighted by Gasteiger charge is -2.09. The number of esters is 1. The van der Waals surface area contributed by atoms with Gasteiger partial charge in [-0.1, -0.05) is 11.2 Å². The summed E-state index contributed by atoms with van der Waals surface area (Å²) in [6, 6.07) is 4.94. The maximum Gasteiger partial charge on any atom is 0.339 e. The van der Waals surface area contributed by atoms with Gasteiger partial charge in [0.1, 0.15) is 0 Å². The van der Waals surface area contributed by atoms with Crippen LogP contribution in [0.15, 0.2) is 28.9 Å². The Morgan fingerprint density at radius 2 is 2.44 bits per heavy atom. The standard InChI is InChI=1S/C11H11NO4/c1-2-15-11(14)10(13)7-3-4-8-6-12-16-9(8)5-7/h3-6,10,13H,2H2,1H3. The second-order valence-electron chi connectivity index (χ2n) is 3.28. The quantitative estimate of drug-likeness (QED) is 0.793. The number of aliphatic hydroxyl groups excluding tert-OH is 1. The number of carbonyl (C=O) groups excluding carboxylic acids is 1. The Morgan fingerprint density at radius 3 is 3.19 bits per heavy atom. The van der Waals surface area contributed by atoms with Crippen LogP contribution in [0.3, 0.4) is 0 Å². The number of fused-ring (bicyclic) bond motifs is 1. The van der Waals surface area contributed by atoms with Crippen molar-refractivity contribution in [2.45, 2.75) is 13.0 Å². The van der Waals surface area contributed by atoms with E-state index < -0.39 is 12.1 Å². The molecule has 1 aromatic heterocycles. The summed E-state index contributed by atoms with van der Waals surface area (Å²) in [6.07, 6.45) is 0.282. The Labute approximate surface area is 91.6 Å². The molecular formula is C11H11NO4. The van der Waals surface area contributed by atoms with Gasteiger partial charge in [0, 0.05) is 5.39 Å². The molecule has 0 aliphatic heterocycles. The molecule has 1 unspecified atom stereocenters. The van der Waals surface area contributed by atoms with Crippen LogP contribution in [-0.4, -0.2) is 22.8 Å². The van der Waals surface area contributed by atoms with Gasteiger partial charge in [-0.15, -0.1) is 0 Å². The first kappa shape index (κ1) is 10.6. The number of aliphatic hydroxyl groups is 1. The van der Waals surface area contributed by atoms with Gasteiger partial charge in [-0.05, 0) is 24.6 Å². The molecule has 2 aromatic rings. The lowest BCUT2D eigenvalue weighted by atomic mass is 10.1. The van der Waals surface area contributed by atoms with E-state index in [0.717, 1.165) is 5.39 Å². The van der Waals surface area contributed by atoms with Gasteiger partial charge in [-0.25, -0.2) is 4.79 Å². The molecule has 0 fully saturated rings. The topological polar surface area (TPSA) is 72.6 Å². The molecule has 1 N–H and O–H groups in total. The van der Waals surface area contributed by atoms with Crippen LogP contribution < -0.4 is 0 Å². The molecule has 0 saturated heterocycles. The zero-order valence-corrected chi connectivity index (χ0v) is 8.71. The number of aromatic nitrogens is 1. The summed E-state index contributed by atoms with van der Waals surface area (Å²) >= 11 is 0. The van der Waals surface area contributed by atoms with Crippen molar-refractivity contribution in [2.75, 3.05) is 6.61 Å². The molecule has 0 aliphatic rings. The fourth-order valence-corrected chi connectivity index (χ4v) is 1.40. The van der Waals surface area contributed by atoms with Gasteiger partial charge in [0.15, 0.2) is 11.7 Å². The third kappa shape index (κ3) is 1.90. The molecule has 5 nitrogen and oxygen atoms in total. The highest BCUT2D eigenvalue weighted by Crippen LogP contribution is 2.20. The number of benzene rings is 1. The average molecular weight is 221 g/mol. The summed E-state index contributed by atoms with van der Waals surface area (Å²) in [5.41, 5.74) is 0.962. The second kappa shape index (κ2) is 4.32. The second-order valence-corrected chi connectivity index (χ2v) is 3.28. The molecule has 84 valence electrons. The number of rotatable bonds is 3. The lowest BCUT2D eigenvalue weighted by Crippen LogP contribution is -2.15. The molecule has 0 saturated carbocycles. The number of nitrogens with zero attached hydrogens (tertiary/aromatic N) is 1. The van der Waals surface area contributed by atoms with E-state index in [1.54, 1.807) is 31.3 Å². The molecular weight excluding hydrogens is 210 g/mol. The molecule has 1 atom stereocenters. The van der Waals surface area contributed by atoms with Crippen LogP contribution in [0, 0.1) is 0 Å². The molecule has 0 bridgehead atoms. The minimum atomic E-state index is -1.28. The van der Waals surface area contributed by atoms with E-state index in [2.05, 4.69) is 5.16 Å². The van der Waals surface area contributed by atoms with Crippen molar-refractivity contribution < 1.29 is 19.2 Å². The van der Waals surface area contributed by atoms with Crippen LogP contribution in [0.2, 0.25) is 0 Å². The summed E-state index contributed by atoms with van der Waals surface area (Å²) < 4.78 is 9.65. The zero-order valence-electron chi connectivity index (χ0n) is 8.71. The summed E-state index contributed by atoms with van der Waals surface area (Å²) in [7, 11) is 0.